The second-order valence-corrected chi connectivity index (χ2v) is 5.07. The topological polar surface area (TPSA) is 41.5 Å². The Hall–Kier alpha value is -0.120. The number of nitrogens with one attached hydrogen (secondary N) is 1. The summed E-state index contributed by atoms with van der Waals surface area (Å²) >= 11 is 0. The molecule has 0 aromatic carbocycles. The highest BCUT2D eigenvalue weighted by molar-refractivity contribution is 4.77. The third kappa shape index (κ3) is 7.77. The SMILES string of the molecule is CCC(O)(CC)CNCCOC(C)(C)C. The van der Waals surface area contributed by atoms with Crippen LogP contribution in [0.5, 0.6) is 0 Å². The molecular weight excluding hydrogens is 190 g/mol. The summed E-state index contributed by atoms with van der Waals surface area (Å²) in [5.41, 5.74) is -0.630. The number of hydrogen-bond acceptors (Lipinski definition) is 3. The summed E-state index contributed by atoms with van der Waals surface area (Å²) in [5.74, 6) is 0. The minimum Gasteiger partial charge on any atom is -0.389 e. The molecule has 0 spiro atoms. The first-order valence-electron chi connectivity index (χ1n) is 5.90. The summed E-state index contributed by atoms with van der Waals surface area (Å²) in [4.78, 5) is 0. The highest BCUT2D eigenvalue weighted by atomic mass is 16.5. The zero-order valence-corrected chi connectivity index (χ0v) is 10.9. The first kappa shape index (κ1) is 14.9. The molecular formula is C12H27NO2. The lowest BCUT2D eigenvalue weighted by Gasteiger charge is -2.26. The van der Waals surface area contributed by atoms with E-state index in [1.807, 2.05) is 34.6 Å². The van der Waals surface area contributed by atoms with Crippen LogP contribution < -0.4 is 5.32 Å². The average molecular weight is 217 g/mol. The first-order valence-corrected chi connectivity index (χ1v) is 5.90. The standard InChI is InChI=1S/C12H27NO2/c1-6-12(14,7-2)10-13-8-9-15-11(3,4)5/h13-14H,6-10H2,1-5H3. The van der Waals surface area contributed by atoms with Gasteiger partial charge < -0.3 is 15.2 Å². The molecule has 0 aliphatic carbocycles. The average Bonchev–Trinajstić information content (AvgIpc) is 2.15. The normalized spacial score (nSPS) is 13.2. The minimum absolute atomic E-state index is 0.0759. The first-order chi connectivity index (χ1) is 6.83. The molecule has 0 aliphatic heterocycles. The van der Waals surface area contributed by atoms with E-state index in [4.69, 9.17) is 4.74 Å². The van der Waals surface area contributed by atoms with Crippen LogP contribution in [-0.2, 0) is 4.74 Å². The zero-order valence-electron chi connectivity index (χ0n) is 10.9. The van der Waals surface area contributed by atoms with Crippen LogP contribution in [0.25, 0.3) is 0 Å². The van der Waals surface area contributed by atoms with E-state index in [1.165, 1.54) is 0 Å². The largest absolute Gasteiger partial charge is 0.389 e. The van der Waals surface area contributed by atoms with E-state index in [1.54, 1.807) is 0 Å². The number of aliphatic hydroxyl groups is 1. The molecule has 3 heteroatoms. The molecule has 0 heterocycles. The monoisotopic (exact) mass is 217 g/mol. The van der Waals surface area contributed by atoms with Crippen molar-refractivity contribution >= 4 is 0 Å². The Labute approximate surface area is 94.2 Å². The molecule has 0 aromatic rings. The molecule has 0 rings (SSSR count). The van der Waals surface area contributed by atoms with Gasteiger partial charge in [-0.05, 0) is 33.6 Å². The van der Waals surface area contributed by atoms with Crippen LogP contribution in [0, 0.1) is 0 Å². The van der Waals surface area contributed by atoms with Crippen molar-refractivity contribution in [3.05, 3.63) is 0 Å². The Bertz CT molecular complexity index is 159. The van der Waals surface area contributed by atoms with Crippen molar-refractivity contribution < 1.29 is 9.84 Å². The van der Waals surface area contributed by atoms with Crippen LogP contribution in [0.15, 0.2) is 0 Å². The van der Waals surface area contributed by atoms with Gasteiger partial charge in [-0.15, -0.1) is 0 Å². The van der Waals surface area contributed by atoms with Crippen LogP contribution in [0.3, 0.4) is 0 Å². The fraction of sp³-hybridized carbons (Fsp3) is 1.00. The van der Waals surface area contributed by atoms with E-state index in [-0.39, 0.29) is 5.60 Å². The van der Waals surface area contributed by atoms with Gasteiger partial charge in [0.1, 0.15) is 0 Å². The van der Waals surface area contributed by atoms with Crippen LogP contribution in [0.2, 0.25) is 0 Å². The number of rotatable bonds is 7. The van der Waals surface area contributed by atoms with E-state index in [0.717, 1.165) is 19.4 Å². The van der Waals surface area contributed by atoms with Crippen LogP contribution in [0.1, 0.15) is 47.5 Å². The molecule has 0 unspecified atom stereocenters. The maximum atomic E-state index is 9.98. The predicted molar refractivity (Wildman–Crippen MR) is 64.1 cm³/mol. The van der Waals surface area contributed by atoms with E-state index < -0.39 is 5.60 Å². The Morgan fingerprint density at radius 2 is 1.67 bits per heavy atom. The second kappa shape index (κ2) is 6.46. The second-order valence-electron chi connectivity index (χ2n) is 5.07. The van der Waals surface area contributed by atoms with Gasteiger partial charge in [-0.1, -0.05) is 13.8 Å². The Balaban J connectivity index is 3.54. The molecule has 0 radical (unpaired) electrons. The van der Waals surface area contributed by atoms with Crippen LogP contribution in [0.4, 0.5) is 0 Å². The van der Waals surface area contributed by atoms with Crippen molar-refractivity contribution in [2.45, 2.75) is 58.7 Å². The fourth-order valence-electron chi connectivity index (χ4n) is 1.25. The lowest BCUT2D eigenvalue weighted by atomic mass is 9.98. The molecule has 0 aromatic heterocycles. The van der Waals surface area contributed by atoms with Crippen molar-refractivity contribution in [3.8, 4) is 0 Å². The molecule has 15 heavy (non-hydrogen) atoms. The highest BCUT2D eigenvalue weighted by Gasteiger charge is 2.21. The Morgan fingerprint density at radius 3 is 2.07 bits per heavy atom. The van der Waals surface area contributed by atoms with Crippen molar-refractivity contribution in [2.75, 3.05) is 19.7 Å². The van der Waals surface area contributed by atoms with E-state index in [2.05, 4.69) is 5.32 Å². The quantitative estimate of drug-likeness (QED) is 0.640. The van der Waals surface area contributed by atoms with E-state index >= 15 is 0 Å². The third-order valence-electron chi connectivity index (χ3n) is 2.58. The highest BCUT2D eigenvalue weighted by Crippen LogP contribution is 2.12. The van der Waals surface area contributed by atoms with Gasteiger partial charge in [0.15, 0.2) is 0 Å². The van der Waals surface area contributed by atoms with Crippen molar-refractivity contribution in [3.63, 3.8) is 0 Å². The Kier molecular flexibility index (Phi) is 6.41. The van der Waals surface area contributed by atoms with Gasteiger partial charge in [-0.3, -0.25) is 0 Å². The molecule has 2 N–H and O–H groups in total. The van der Waals surface area contributed by atoms with Crippen LogP contribution >= 0.6 is 0 Å². The van der Waals surface area contributed by atoms with Gasteiger partial charge >= 0.3 is 0 Å². The van der Waals surface area contributed by atoms with E-state index in [9.17, 15) is 5.11 Å². The summed E-state index contributed by atoms with van der Waals surface area (Å²) in [6.45, 7) is 12.3. The maximum Gasteiger partial charge on any atom is 0.0766 e. The van der Waals surface area contributed by atoms with Gasteiger partial charge in [0, 0.05) is 13.1 Å². The van der Waals surface area contributed by atoms with Crippen molar-refractivity contribution in [1.29, 1.82) is 0 Å². The van der Waals surface area contributed by atoms with Gasteiger partial charge in [0.2, 0.25) is 0 Å². The van der Waals surface area contributed by atoms with Gasteiger partial charge in [0.05, 0.1) is 17.8 Å². The zero-order chi connectivity index (χ0) is 11.9. The molecule has 0 aliphatic rings. The van der Waals surface area contributed by atoms with Crippen molar-refractivity contribution in [2.24, 2.45) is 0 Å². The molecule has 0 atom stereocenters. The molecule has 0 amide bonds. The molecule has 0 bridgehead atoms. The van der Waals surface area contributed by atoms with Gasteiger partial charge in [0.25, 0.3) is 0 Å². The lowest BCUT2D eigenvalue weighted by molar-refractivity contribution is -0.00613. The van der Waals surface area contributed by atoms with Gasteiger partial charge in [-0.25, -0.2) is 0 Å². The fourth-order valence-corrected chi connectivity index (χ4v) is 1.25. The lowest BCUT2D eigenvalue weighted by Crippen LogP contribution is -2.41. The van der Waals surface area contributed by atoms with E-state index in [0.29, 0.717) is 13.2 Å². The molecule has 0 saturated heterocycles. The Morgan fingerprint density at radius 1 is 1.13 bits per heavy atom. The molecule has 0 fully saturated rings. The summed E-state index contributed by atoms with van der Waals surface area (Å²) in [7, 11) is 0. The number of ether oxygens (including phenoxy) is 1. The molecule has 92 valence electrons. The number of hydrogen-bond donors (Lipinski definition) is 2. The minimum atomic E-state index is -0.554. The molecule has 3 nitrogen and oxygen atoms in total. The smallest absolute Gasteiger partial charge is 0.0766 e. The predicted octanol–water partition coefficient (Wildman–Crippen LogP) is 1.94. The summed E-state index contributed by atoms with van der Waals surface area (Å²) < 4.78 is 5.57. The van der Waals surface area contributed by atoms with Gasteiger partial charge in [-0.2, -0.15) is 0 Å². The summed E-state index contributed by atoms with van der Waals surface area (Å²) in [6, 6.07) is 0. The maximum absolute atomic E-state index is 9.98. The third-order valence-corrected chi connectivity index (χ3v) is 2.58. The summed E-state index contributed by atoms with van der Waals surface area (Å²) in [6.07, 6.45) is 1.58. The van der Waals surface area contributed by atoms with Crippen LogP contribution in [-0.4, -0.2) is 36.0 Å². The van der Waals surface area contributed by atoms with Crippen molar-refractivity contribution in [1.82, 2.24) is 5.32 Å². The summed E-state index contributed by atoms with van der Waals surface area (Å²) in [5, 5.41) is 13.2. The molecule has 0 saturated carbocycles.